The first-order valence-electron chi connectivity index (χ1n) is 9.46. The van der Waals surface area contributed by atoms with Crippen LogP contribution in [-0.2, 0) is 10.0 Å². The average molecular weight is 459 g/mol. The number of hydrogen-bond donors (Lipinski definition) is 2. The number of hydrogen-bond acceptors (Lipinski definition) is 4. The number of benzene rings is 3. The fourth-order valence-electron chi connectivity index (χ4n) is 2.99. The summed E-state index contributed by atoms with van der Waals surface area (Å²) in [4.78, 5) is 12.7. The Bertz CT molecular complexity index is 1260. The van der Waals surface area contributed by atoms with Gasteiger partial charge in [-0.1, -0.05) is 23.7 Å². The quantitative estimate of drug-likeness (QED) is 0.523. The van der Waals surface area contributed by atoms with Crippen molar-refractivity contribution in [3.05, 3.63) is 81.9 Å². The fraction of sp³-hybridized carbons (Fsp3) is 0.174. The lowest BCUT2D eigenvalue weighted by Crippen LogP contribution is -2.17. The van der Waals surface area contributed by atoms with E-state index in [9.17, 15) is 13.2 Å². The van der Waals surface area contributed by atoms with Gasteiger partial charge < -0.3 is 10.1 Å². The molecule has 0 aliphatic heterocycles. The van der Waals surface area contributed by atoms with Gasteiger partial charge in [0.15, 0.2) is 0 Å². The predicted octanol–water partition coefficient (Wildman–Crippen LogP) is 5.33. The molecule has 0 fully saturated rings. The van der Waals surface area contributed by atoms with Gasteiger partial charge >= 0.3 is 0 Å². The molecule has 3 aromatic carbocycles. The summed E-state index contributed by atoms with van der Waals surface area (Å²) in [6.45, 7) is 5.55. The van der Waals surface area contributed by atoms with Crippen LogP contribution in [-0.4, -0.2) is 21.4 Å². The van der Waals surface area contributed by atoms with Crippen molar-refractivity contribution < 1.29 is 17.9 Å². The molecule has 0 aliphatic rings. The van der Waals surface area contributed by atoms with Crippen LogP contribution in [0, 0.1) is 20.8 Å². The first-order chi connectivity index (χ1) is 14.6. The first-order valence-corrected chi connectivity index (χ1v) is 11.3. The second kappa shape index (κ2) is 8.99. The molecule has 0 heterocycles. The van der Waals surface area contributed by atoms with Gasteiger partial charge in [0.1, 0.15) is 5.75 Å². The van der Waals surface area contributed by atoms with Gasteiger partial charge in [-0.25, -0.2) is 8.42 Å². The van der Waals surface area contributed by atoms with Gasteiger partial charge in [-0.2, -0.15) is 0 Å². The zero-order valence-corrected chi connectivity index (χ0v) is 19.2. The maximum absolute atomic E-state index is 13.0. The van der Waals surface area contributed by atoms with Gasteiger partial charge in [0, 0.05) is 16.9 Å². The molecule has 3 rings (SSSR count). The van der Waals surface area contributed by atoms with Crippen molar-refractivity contribution in [3.63, 3.8) is 0 Å². The predicted molar refractivity (Wildman–Crippen MR) is 124 cm³/mol. The maximum atomic E-state index is 13.0. The number of nitrogens with one attached hydrogen (secondary N) is 2. The molecule has 31 heavy (non-hydrogen) atoms. The van der Waals surface area contributed by atoms with Gasteiger partial charge in [-0.15, -0.1) is 0 Å². The molecule has 0 saturated carbocycles. The van der Waals surface area contributed by atoms with Gasteiger partial charge in [0.25, 0.3) is 15.9 Å². The lowest BCUT2D eigenvalue weighted by atomic mass is 10.1. The summed E-state index contributed by atoms with van der Waals surface area (Å²) in [5, 5.41) is 3.07. The minimum absolute atomic E-state index is 0.0335. The summed E-state index contributed by atoms with van der Waals surface area (Å²) in [6.07, 6.45) is 0. The van der Waals surface area contributed by atoms with Gasteiger partial charge in [0.2, 0.25) is 0 Å². The fourth-order valence-corrected chi connectivity index (χ4v) is 4.57. The normalized spacial score (nSPS) is 11.1. The summed E-state index contributed by atoms with van der Waals surface area (Å²) < 4.78 is 33.7. The molecule has 162 valence electrons. The lowest BCUT2D eigenvalue weighted by Gasteiger charge is -2.13. The molecular formula is C23H23ClN2O4S. The molecule has 3 aromatic rings. The summed E-state index contributed by atoms with van der Waals surface area (Å²) in [5.41, 5.74) is 3.71. The molecule has 8 heteroatoms. The number of aryl methyl sites for hydroxylation is 3. The number of halogens is 1. The SMILES string of the molecule is COc1ccc(NC(=O)c2ccc(C)c(S(=O)(=O)Nc3ccc(C)c(C)c3)c2)cc1Cl. The van der Waals surface area contributed by atoms with Crippen molar-refractivity contribution >= 4 is 38.9 Å². The Balaban J connectivity index is 1.87. The molecule has 0 unspecified atom stereocenters. The third-order valence-electron chi connectivity index (χ3n) is 4.91. The largest absolute Gasteiger partial charge is 0.495 e. The smallest absolute Gasteiger partial charge is 0.262 e. The Kier molecular flexibility index (Phi) is 6.57. The van der Waals surface area contributed by atoms with Gasteiger partial charge in [-0.05, 0) is 79.9 Å². The van der Waals surface area contributed by atoms with Crippen molar-refractivity contribution in [2.45, 2.75) is 25.7 Å². The molecule has 0 spiro atoms. The Morgan fingerprint density at radius 2 is 1.55 bits per heavy atom. The molecule has 0 aliphatic carbocycles. The summed E-state index contributed by atoms with van der Waals surface area (Å²) in [5.74, 6) is 0.0321. The highest BCUT2D eigenvalue weighted by molar-refractivity contribution is 7.92. The van der Waals surface area contributed by atoms with Crippen LogP contribution in [0.5, 0.6) is 5.75 Å². The van der Waals surface area contributed by atoms with Crippen LogP contribution in [0.2, 0.25) is 5.02 Å². The van der Waals surface area contributed by atoms with Gasteiger partial charge in [0.05, 0.1) is 17.0 Å². The van der Waals surface area contributed by atoms with Crippen LogP contribution < -0.4 is 14.8 Å². The van der Waals surface area contributed by atoms with E-state index in [0.29, 0.717) is 27.7 Å². The van der Waals surface area contributed by atoms with E-state index in [-0.39, 0.29) is 10.5 Å². The minimum atomic E-state index is -3.89. The standard InChI is InChI=1S/C23H23ClN2O4S/c1-14-6-8-19(11-16(14)3)26-31(28,29)22-12-17(7-5-15(22)2)23(27)25-18-9-10-21(30-4)20(24)13-18/h5-13,26H,1-4H3,(H,25,27). The Hall–Kier alpha value is -3.03. The zero-order valence-electron chi connectivity index (χ0n) is 17.6. The number of carbonyl (C=O) groups excluding carboxylic acids is 1. The third-order valence-corrected chi connectivity index (χ3v) is 6.73. The van der Waals surface area contributed by atoms with Crippen molar-refractivity contribution in [3.8, 4) is 5.75 Å². The number of methoxy groups -OCH3 is 1. The van der Waals surface area contributed by atoms with E-state index in [1.807, 2.05) is 19.9 Å². The van der Waals surface area contributed by atoms with Crippen molar-refractivity contribution in [2.24, 2.45) is 0 Å². The van der Waals surface area contributed by atoms with E-state index in [0.717, 1.165) is 11.1 Å². The van der Waals surface area contributed by atoms with Crippen LogP contribution in [0.4, 0.5) is 11.4 Å². The number of amides is 1. The van der Waals surface area contributed by atoms with Crippen LogP contribution in [0.3, 0.4) is 0 Å². The lowest BCUT2D eigenvalue weighted by molar-refractivity contribution is 0.102. The maximum Gasteiger partial charge on any atom is 0.262 e. The summed E-state index contributed by atoms with van der Waals surface area (Å²) in [7, 11) is -2.39. The van der Waals surface area contributed by atoms with Crippen molar-refractivity contribution in [1.82, 2.24) is 0 Å². The van der Waals surface area contributed by atoms with Crippen LogP contribution in [0.15, 0.2) is 59.5 Å². The Morgan fingerprint density at radius 1 is 0.871 bits per heavy atom. The summed E-state index contributed by atoms with van der Waals surface area (Å²) in [6, 6.07) is 14.7. The van der Waals surface area contributed by atoms with E-state index in [4.69, 9.17) is 16.3 Å². The second-order valence-corrected chi connectivity index (χ2v) is 9.25. The number of carbonyl (C=O) groups is 1. The number of ether oxygens (including phenoxy) is 1. The van der Waals surface area contributed by atoms with Crippen LogP contribution >= 0.6 is 11.6 Å². The molecule has 0 atom stereocenters. The zero-order chi connectivity index (χ0) is 22.8. The Morgan fingerprint density at radius 3 is 2.19 bits per heavy atom. The highest BCUT2D eigenvalue weighted by Gasteiger charge is 2.20. The topological polar surface area (TPSA) is 84.5 Å². The molecule has 0 radical (unpaired) electrons. The summed E-state index contributed by atoms with van der Waals surface area (Å²) >= 11 is 6.10. The van der Waals surface area contributed by atoms with E-state index in [1.165, 1.54) is 13.2 Å². The van der Waals surface area contributed by atoms with Gasteiger partial charge in [-0.3, -0.25) is 9.52 Å². The van der Waals surface area contributed by atoms with E-state index in [1.54, 1.807) is 49.4 Å². The van der Waals surface area contributed by atoms with Crippen LogP contribution in [0.25, 0.3) is 0 Å². The highest BCUT2D eigenvalue weighted by Crippen LogP contribution is 2.28. The number of sulfonamides is 1. The molecule has 0 bridgehead atoms. The van der Waals surface area contributed by atoms with Crippen LogP contribution in [0.1, 0.15) is 27.0 Å². The molecule has 2 N–H and O–H groups in total. The van der Waals surface area contributed by atoms with Crippen molar-refractivity contribution in [1.29, 1.82) is 0 Å². The number of rotatable bonds is 6. The van der Waals surface area contributed by atoms with E-state index < -0.39 is 15.9 Å². The molecular weight excluding hydrogens is 436 g/mol. The third kappa shape index (κ3) is 5.18. The average Bonchev–Trinajstić information content (AvgIpc) is 2.71. The van der Waals surface area contributed by atoms with Crippen molar-refractivity contribution in [2.75, 3.05) is 17.1 Å². The number of anilines is 2. The molecule has 0 saturated heterocycles. The van der Waals surface area contributed by atoms with E-state index in [2.05, 4.69) is 10.0 Å². The highest BCUT2D eigenvalue weighted by atomic mass is 35.5. The monoisotopic (exact) mass is 458 g/mol. The molecule has 0 aromatic heterocycles. The second-order valence-electron chi connectivity index (χ2n) is 7.19. The first kappa shape index (κ1) is 22.7. The van der Waals surface area contributed by atoms with E-state index >= 15 is 0 Å². The minimum Gasteiger partial charge on any atom is -0.495 e. The Labute approximate surface area is 187 Å². The molecule has 1 amide bonds. The molecule has 6 nitrogen and oxygen atoms in total.